The Hall–Kier alpha value is -0.650. The van der Waals surface area contributed by atoms with Gasteiger partial charge in [0.1, 0.15) is 11.0 Å². The van der Waals surface area contributed by atoms with E-state index in [1.807, 2.05) is 6.07 Å². The highest BCUT2D eigenvalue weighted by atomic mass is 79.9. The van der Waals surface area contributed by atoms with Crippen molar-refractivity contribution >= 4 is 49.1 Å². The third-order valence-corrected chi connectivity index (χ3v) is 4.19. The molecule has 1 heterocycles. The number of anilines is 1. The lowest BCUT2D eigenvalue weighted by atomic mass is 10.2. The van der Waals surface area contributed by atoms with Gasteiger partial charge in [0, 0.05) is 11.0 Å². The van der Waals surface area contributed by atoms with E-state index in [2.05, 4.69) is 42.2 Å². The number of pyridine rings is 1. The Morgan fingerprint density at radius 2 is 2.00 bits per heavy atom. The van der Waals surface area contributed by atoms with Crippen LogP contribution in [0.25, 0.3) is 0 Å². The molecule has 2 nitrogen and oxygen atoms in total. The van der Waals surface area contributed by atoms with E-state index >= 15 is 0 Å². The first kappa shape index (κ1) is 13.8. The van der Waals surface area contributed by atoms with Crippen molar-refractivity contribution in [2.45, 2.75) is 6.54 Å². The van der Waals surface area contributed by atoms with Crippen LogP contribution in [0, 0.1) is 5.82 Å². The zero-order chi connectivity index (χ0) is 13.1. The molecule has 0 aliphatic heterocycles. The van der Waals surface area contributed by atoms with Crippen molar-refractivity contribution in [2.24, 2.45) is 0 Å². The third-order valence-electron chi connectivity index (χ3n) is 2.29. The first-order valence-electron chi connectivity index (χ1n) is 5.05. The molecule has 2 rings (SSSR count). The minimum atomic E-state index is -0.259. The smallest absolute Gasteiger partial charge is 0.143 e. The molecule has 6 heteroatoms. The maximum absolute atomic E-state index is 13.1. The Bertz CT molecular complexity index is 578. The minimum absolute atomic E-state index is 0.259. The second kappa shape index (κ2) is 5.99. The molecule has 0 saturated heterocycles. The Balaban J connectivity index is 2.11. The Labute approximate surface area is 126 Å². The van der Waals surface area contributed by atoms with Crippen LogP contribution < -0.4 is 5.32 Å². The fraction of sp³-hybridized carbons (Fsp3) is 0.0833. The molecule has 18 heavy (non-hydrogen) atoms. The summed E-state index contributed by atoms with van der Waals surface area (Å²) < 4.78 is 14.7. The number of rotatable bonds is 3. The highest BCUT2D eigenvalue weighted by Crippen LogP contribution is 2.24. The van der Waals surface area contributed by atoms with Gasteiger partial charge in [0.15, 0.2) is 0 Å². The molecule has 0 bridgehead atoms. The average molecular weight is 394 g/mol. The van der Waals surface area contributed by atoms with Gasteiger partial charge in [-0.15, -0.1) is 0 Å². The summed E-state index contributed by atoms with van der Waals surface area (Å²) in [4.78, 5) is 4.00. The van der Waals surface area contributed by atoms with Crippen molar-refractivity contribution in [1.82, 2.24) is 4.98 Å². The molecule has 0 atom stereocenters. The van der Waals surface area contributed by atoms with Gasteiger partial charge in [-0.2, -0.15) is 0 Å². The van der Waals surface area contributed by atoms with Gasteiger partial charge in [0.05, 0.1) is 16.4 Å². The minimum Gasteiger partial charge on any atom is -0.380 e. The van der Waals surface area contributed by atoms with Crippen molar-refractivity contribution in [3.05, 3.63) is 55.9 Å². The molecule has 1 aromatic heterocycles. The quantitative estimate of drug-likeness (QED) is 0.740. The fourth-order valence-corrected chi connectivity index (χ4v) is 2.23. The Kier molecular flexibility index (Phi) is 4.59. The molecule has 94 valence electrons. The van der Waals surface area contributed by atoms with Gasteiger partial charge in [0.2, 0.25) is 0 Å². The zero-order valence-corrected chi connectivity index (χ0v) is 13.0. The van der Waals surface area contributed by atoms with Gasteiger partial charge >= 0.3 is 0 Å². The number of nitrogens with one attached hydrogen (secondary N) is 1. The van der Waals surface area contributed by atoms with Crippen molar-refractivity contribution in [2.75, 3.05) is 5.32 Å². The molecule has 0 unspecified atom stereocenters. The zero-order valence-electron chi connectivity index (χ0n) is 9.05. The number of hydrogen-bond acceptors (Lipinski definition) is 2. The number of aromatic nitrogens is 1. The van der Waals surface area contributed by atoms with Crippen molar-refractivity contribution < 1.29 is 4.39 Å². The topological polar surface area (TPSA) is 24.9 Å². The van der Waals surface area contributed by atoms with E-state index in [9.17, 15) is 4.39 Å². The largest absolute Gasteiger partial charge is 0.380 e. The Morgan fingerprint density at radius 1 is 1.22 bits per heavy atom. The second-order valence-electron chi connectivity index (χ2n) is 3.59. The van der Waals surface area contributed by atoms with E-state index in [0.29, 0.717) is 16.2 Å². The molecule has 0 aliphatic rings. The van der Waals surface area contributed by atoms with Crippen molar-refractivity contribution in [3.63, 3.8) is 0 Å². The molecule has 1 aromatic carbocycles. The molecule has 0 radical (unpaired) electrons. The summed E-state index contributed by atoms with van der Waals surface area (Å²) in [6, 6.07) is 6.40. The van der Waals surface area contributed by atoms with Gasteiger partial charge < -0.3 is 5.32 Å². The molecule has 0 spiro atoms. The van der Waals surface area contributed by atoms with Crippen LogP contribution in [-0.4, -0.2) is 4.98 Å². The molecular weight excluding hydrogens is 386 g/mol. The first-order valence-corrected chi connectivity index (χ1v) is 7.01. The highest BCUT2D eigenvalue weighted by Gasteiger charge is 2.03. The van der Waals surface area contributed by atoms with Crippen LogP contribution in [0.1, 0.15) is 5.56 Å². The lowest BCUT2D eigenvalue weighted by Gasteiger charge is -2.08. The van der Waals surface area contributed by atoms with Crippen LogP contribution in [0.3, 0.4) is 0 Å². The lowest BCUT2D eigenvalue weighted by molar-refractivity contribution is 0.625. The predicted octanol–water partition coefficient (Wildman–Crippen LogP) is 5.01. The van der Waals surface area contributed by atoms with Gasteiger partial charge in [0.25, 0.3) is 0 Å². The number of halogens is 4. The Morgan fingerprint density at radius 3 is 2.72 bits per heavy atom. The van der Waals surface area contributed by atoms with E-state index in [4.69, 9.17) is 11.6 Å². The third kappa shape index (κ3) is 3.43. The highest BCUT2D eigenvalue weighted by molar-refractivity contribution is 9.10. The summed E-state index contributed by atoms with van der Waals surface area (Å²) in [6.07, 6.45) is 1.63. The summed E-state index contributed by atoms with van der Waals surface area (Å²) in [5.74, 6) is -0.259. The van der Waals surface area contributed by atoms with Crippen molar-refractivity contribution in [3.8, 4) is 0 Å². The van der Waals surface area contributed by atoms with Crippen LogP contribution in [-0.2, 0) is 6.54 Å². The van der Waals surface area contributed by atoms with Crippen molar-refractivity contribution in [1.29, 1.82) is 0 Å². The van der Waals surface area contributed by atoms with Gasteiger partial charge in [-0.05, 0) is 45.8 Å². The van der Waals surface area contributed by atoms with Gasteiger partial charge in [-0.3, -0.25) is 0 Å². The van der Waals surface area contributed by atoms with Crippen LogP contribution >= 0.6 is 43.5 Å². The van der Waals surface area contributed by atoms with Crippen LogP contribution in [0.5, 0.6) is 0 Å². The number of nitrogens with zero attached hydrogens (tertiary/aromatic N) is 1. The number of benzene rings is 1. The van der Waals surface area contributed by atoms with Crippen LogP contribution in [0.4, 0.5) is 10.1 Å². The summed E-state index contributed by atoms with van der Waals surface area (Å²) in [5.41, 5.74) is 1.64. The van der Waals surface area contributed by atoms with E-state index in [1.54, 1.807) is 12.3 Å². The average Bonchev–Trinajstić information content (AvgIpc) is 2.34. The summed E-state index contributed by atoms with van der Waals surface area (Å²) in [6.45, 7) is 0.494. The van der Waals surface area contributed by atoms with E-state index in [-0.39, 0.29) is 5.82 Å². The predicted molar refractivity (Wildman–Crippen MR) is 78.4 cm³/mol. The standard InChI is InChI=1S/C12H8Br2ClFN2/c13-10-2-1-8(16)3-7(10)5-17-9-4-11(14)12(15)18-6-9/h1-4,6,17H,5H2. The molecule has 2 aromatic rings. The second-order valence-corrected chi connectivity index (χ2v) is 5.65. The molecule has 0 fully saturated rings. The maximum Gasteiger partial charge on any atom is 0.143 e. The van der Waals surface area contributed by atoms with Crippen LogP contribution in [0.2, 0.25) is 5.15 Å². The van der Waals surface area contributed by atoms with E-state index in [1.165, 1.54) is 12.1 Å². The fourth-order valence-electron chi connectivity index (χ4n) is 1.39. The lowest BCUT2D eigenvalue weighted by Crippen LogP contribution is -2.01. The van der Waals surface area contributed by atoms with Gasteiger partial charge in [-0.25, -0.2) is 9.37 Å². The molecule has 0 amide bonds. The number of hydrogen-bond donors (Lipinski definition) is 1. The molecular formula is C12H8Br2ClFN2. The monoisotopic (exact) mass is 392 g/mol. The molecule has 0 saturated carbocycles. The summed E-state index contributed by atoms with van der Waals surface area (Å²) in [5, 5.41) is 3.56. The maximum atomic E-state index is 13.1. The molecule has 0 aliphatic carbocycles. The SMILES string of the molecule is Fc1ccc(Br)c(CNc2cnc(Cl)c(Br)c2)c1. The summed E-state index contributed by atoms with van der Waals surface area (Å²) >= 11 is 12.5. The van der Waals surface area contributed by atoms with Crippen LogP contribution in [0.15, 0.2) is 39.4 Å². The molecule has 1 N–H and O–H groups in total. The normalized spacial score (nSPS) is 10.4. The van der Waals surface area contributed by atoms with Gasteiger partial charge in [-0.1, -0.05) is 27.5 Å². The first-order chi connectivity index (χ1) is 8.56. The van der Waals surface area contributed by atoms with E-state index < -0.39 is 0 Å². The summed E-state index contributed by atoms with van der Waals surface area (Å²) in [7, 11) is 0. The van der Waals surface area contributed by atoms with E-state index in [0.717, 1.165) is 15.7 Å².